The molecule has 29 heavy (non-hydrogen) atoms. The van der Waals surface area contributed by atoms with E-state index in [4.69, 9.17) is 11.3 Å². The fourth-order valence-corrected chi connectivity index (χ4v) is 4.24. The molecule has 0 atom stereocenters. The monoisotopic (exact) mass is 404 g/mol. The molecule has 0 aliphatic carbocycles. The van der Waals surface area contributed by atoms with Crippen LogP contribution in [0.4, 0.5) is 5.69 Å². The van der Waals surface area contributed by atoms with Crippen molar-refractivity contribution in [2.45, 2.75) is 31.0 Å². The van der Waals surface area contributed by atoms with E-state index in [1.54, 1.807) is 23.3 Å². The second kappa shape index (κ2) is 9.02. The van der Waals surface area contributed by atoms with Crippen molar-refractivity contribution < 1.29 is 9.53 Å². The van der Waals surface area contributed by atoms with E-state index < -0.39 is 5.97 Å². The first-order valence-corrected chi connectivity index (χ1v) is 10.5. The van der Waals surface area contributed by atoms with Gasteiger partial charge < -0.3 is 9.30 Å². The van der Waals surface area contributed by atoms with Crippen molar-refractivity contribution in [2.75, 3.05) is 6.61 Å². The molecule has 1 heterocycles. The summed E-state index contributed by atoms with van der Waals surface area (Å²) in [7, 11) is 1.83. The van der Waals surface area contributed by atoms with Crippen LogP contribution in [0.25, 0.3) is 27.1 Å². The van der Waals surface area contributed by atoms with Crippen LogP contribution in [0.2, 0.25) is 0 Å². The van der Waals surface area contributed by atoms with E-state index in [1.165, 1.54) is 0 Å². The normalized spacial score (nSPS) is 10.8. The molecule has 148 valence electrons. The van der Waals surface area contributed by atoms with Gasteiger partial charge in [0.25, 0.3) is 0 Å². The fourth-order valence-electron chi connectivity index (χ4n) is 3.28. The minimum atomic E-state index is -0.405. The van der Waals surface area contributed by atoms with Crippen molar-refractivity contribution in [3.05, 3.63) is 71.7 Å². The standard InChI is InChI=1S/C24H24N2O2S/c1-6-28-24(27)22-20(21(25-4)23(26(22)5)29-16(2)3)19-14-12-18(13-15-19)17-10-8-7-9-11-17/h7-16H,6H2,1-3,5H3. The minimum absolute atomic E-state index is 0.285. The van der Waals surface area contributed by atoms with Crippen molar-refractivity contribution in [3.63, 3.8) is 0 Å². The van der Waals surface area contributed by atoms with Crippen LogP contribution in [0.1, 0.15) is 31.3 Å². The molecule has 0 aliphatic rings. The summed E-state index contributed by atoms with van der Waals surface area (Å²) in [6.45, 7) is 14.0. The summed E-state index contributed by atoms with van der Waals surface area (Å²) in [4.78, 5) is 16.6. The molecule has 4 nitrogen and oxygen atoms in total. The highest BCUT2D eigenvalue weighted by atomic mass is 32.2. The number of aromatic nitrogens is 1. The first-order valence-electron chi connectivity index (χ1n) is 9.57. The number of carbonyl (C=O) groups excluding carboxylic acids is 1. The van der Waals surface area contributed by atoms with E-state index in [1.807, 2.05) is 49.5 Å². The first kappa shape index (κ1) is 20.8. The zero-order valence-electron chi connectivity index (χ0n) is 17.1. The number of benzene rings is 2. The van der Waals surface area contributed by atoms with Crippen molar-refractivity contribution in [1.82, 2.24) is 4.57 Å². The quantitative estimate of drug-likeness (QED) is 0.264. The lowest BCUT2D eigenvalue weighted by molar-refractivity contribution is 0.0515. The van der Waals surface area contributed by atoms with Crippen LogP contribution in [-0.4, -0.2) is 22.4 Å². The number of hydrogen-bond donors (Lipinski definition) is 0. The minimum Gasteiger partial charge on any atom is -0.461 e. The van der Waals surface area contributed by atoms with Gasteiger partial charge in [-0.1, -0.05) is 68.4 Å². The van der Waals surface area contributed by atoms with Crippen LogP contribution in [-0.2, 0) is 11.8 Å². The van der Waals surface area contributed by atoms with E-state index in [9.17, 15) is 4.79 Å². The Morgan fingerprint density at radius 1 is 1.07 bits per heavy atom. The van der Waals surface area contributed by atoms with E-state index in [-0.39, 0.29) is 11.9 Å². The predicted molar refractivity (Wildman–Crippen MR) is 119 cm³/mol. The topological polar surface area (TPSA) is 35.6 Å². The Kier molecular flexibility index (Phi) is 6.46. The van der Waals surface area contributed by atoms with Gasteiger partial charge in [-0.3, -0.25) is 0 Å². The van der Waals surface area contributed by atoms with Gasteiger partial charge in [-0.2, -0.15) is 0 Å². The number of esters is 1. The van der Waals surface area contributed by atoms with Crippen molar-refractivity contribution >= 4 is 23.4 Å². The predicted octanol–water partition coefficient (Wildman–Crippen LogP) is 6.59. The highest BCUT2D eigenvalue weighted by Gasteiger charge is 2.28. The van der Waals surface area contributed by atoms with Gasteiger partial charge in [-0.15, -0.1) is 11.8 Å². The molecular weight excluding hydrogens is 380 g/mol. The Hall–Kier alpha value is -2.97. The second-order valence-electron chi connectivity index (χ2n) is 6.88. The molecule has 0 aliphatic heterocycles. The molecule has 0 saturated carbocycles. The summed E-state index contributed by atoms with van der Waals surface area (Å²) >= 11 is 1.58. The molecule has 0 amide bonds. The van der Waals surface area contributed by atoms with Crippen LogP contribution in [0.3, 0.4) is 0 Å². The molecule has 0 N–H and O–H groups in total. The molecule has 3 rings (SSSR count). The number of hydrogen-bond acceptors (Lipinski definition) is 3. The Balaban J connectivity index is 2.16. The van der Waals surface area contributed by atoms with Gasteiger partial charge in [0.05, 0.1) is 18.2 Å². The van der Waals surface area contributed by atoms with Crippen molar-refractivity contribution in [3.8, 4) is 22.3 Å². The maximum atomic E-state index is 12.8. The summed E-state index contributed by atoms with van der Waals surface area (Å²) in [5.74, 6) is -0.405. The van der Waals surface area contributed by atoms with Crippen molar-refractivity contribution in [1.29, 1.82) is 0 Å². The zero-order valence-corrected chi connectivity index (χ0v) is 17.9. The van der Waals surface area contributed by atoms with Crippen LogP contribution in [0.5, 0.6) is 0 Å². The van der Waals surface area contributed by atoms with E-state index in [2.05, 4.69) is 30.8 Å². The van der Waals surface area contributed by atoms with Crippen LogP contribution in [0.15, 0.2) is 59.6 Å². The third-order valence-corrected chi connectivity index (χ3v) is 5.69. The van der Waals surface area contributed by atoms with Gasteiger partial charge in [-0.25, -0.2) is 9.64 Å². The average molecular weight is 405 g/mol. The molecule has 0 saturated heterocycles. The lowest BCUT2D eigenvalue weighted by Crippen LogP contribution is -2.11. The summed E-state index contributed by atoms with van der Waals surface area (Å²) in [6, 6.07) is 18.1. The molecule has 2 aromatic carbocycles. The maximum absolute atomic E-state index is 12.8. The summed E-state index contributed by atoms with van der Waals surface area (Å²) in [6.07, 6.45) is 0. The molecule has 0 spiro atoms. The SMILES string of the molecule is [C-]#[N+]c1c(-c2ccc(-c3ccccc3)cc2)c(C(=O)OCC)n(C)c1SC(C)C. The summed E-state index contributed by atoms with van der Waals surface area (Å²) in [5, 5.41) is 1.08. The molecule has 0 fully saturated rings. The van der Waals surface area contributed by atoms with Gasteiger partial charge in [0, 0.05) is 17.9 Å². The molecular formula is C24H24N2O2S. The van der Waals surface area contributed by atoms with Gasteiger partial charge in [0.1, 0.15) is 5.69 Å². The van der Waals surface area contributed by atoms with Gasteiger partial charge in [0.2, 0.25) is 5.69 Å². The largest absolute Gasteiger partial charge is 0.461 e. The third kappa shape index (κ3) is 4.23. The average Bonchev–Trinajstić information content (AvgIpc) is 3.00. The van der Waals surface area contributed by atoms with Gasteiger partial charge >= 0.3 is 5.97 Å². The molecule has 0 radical (unpaired) electrons. The van der Waals surface area contributed by atoms with Crippen molar-refractivity contribution in [2.24, 2.45) is 7.05 Å². The third-order valence-electron chi connectivity index (χ3n) is 4.52. The summed E-state index contributed by atoms with van der Waals surface area (Å²) < 4.78 is 7.11. The molecule has 1 aromatic heterocycles. The highest BCUT2D eigenvalue weighted by Crippen LogP contribution is 2.45. The van der Waals surface area contributed by atoms with E-state index in [0.717, 1.165) is 21.7 Å². The lowest BCUT2D eigenvalue weighted by atomic mass is 9.99. The van der Waals surface area contributed by atoms with Gasteiger partial charge in [-0.05, 0) is 23.6 Å². The number of rotatable bonds is 6. The Morgan fingerprint density at radius 2 is 1.66 bits per heavy atom. The molecule has 3 aromatic rings. The lowest BCUT2D eigenvalue weighted by Gasteiger charge is -2.10. The smallest absolute Gasteiger partial charge is 0.354 e. The number of ether oxygens (including phenoxy) is 1. The zero-order chi connectivity index (χ0) is 21.0. The molecule has 0 unspecified atom stereocenters. The van der Waals surface area contributed by atoms with E-state index in [0.29, 0.717) is 16.9 Å². The van der Waals surface area contributed by atoms with E-state index >= 15 is 0 Å². The molecule has 5 heteroatoms. The molecule has 0 bridgehead atoms. The fraction of sp³-hybridized carbons (Fsp3) is 0.250. The Bertz CT molecular complexity index is 1050. The van der Waals surface area contributed by atoms with Crippen LogP contribution in [0, 0.1) is 6.57 Å². The Morgan fingerprint density at radius 3 is 2.21 bits per heavy atom. The number of carbonyl (C=O) groups is 1. The Labute approximate surface area is 176 Å². The van der Waals surface area contributed by atoms with Crippen LogP contribution >= 0.6 is 11.8 Å². The first-order chi connectivity index (χ1) is 14.0. The highest BCUT2D eigenvalue weighted by molar-refractivity contribution is 8.00. The number of nitrogens with zero attached hydrogens (tertiary/aromatic N) is 2. The second-order valence-corrected chi connectivity index (χ2v) is 8.44. The van der Waals surface area contributed by atoms with Gasteiger partial charge in [0.15, 0.2) is 0 Å². The summed E-state index contributed by atoms with van der Waals surface area (Å²) in [5.41, 5.74) is 4.62. The van der Waals surface area contributed by atoms with Crippen LogP contribution < -0.4 is 0 Å². The maximum Gasteiger partial charge on any atom is 0.354 e. The number of thioether (sulfide) groups is 1.